The molecule has 0 atom stereocenters. The van der Waals surface area contributed by atoms with Crippen molar-refractivity contribution in [2.75, 3.05) is 0 Å². The zero-order valence-corrected chi connectivity index (χ0v) is 31.4. The van der Waals surface area contributed by atoms with Crippen molar-refractivity contribution in [1.82, 2.24) is 19.9 Å². The number of aromatic nitrogens is 4. The van der Waals surface area contributed by atoms with Gasteiger partial charge < -0.3 is 0 Å². The third-order valence-electron chi connectivity index (χ3n) is 11.0. The van der Waals surface area contributed by atoms with Gasteiger partial charge in [0.25, 0.3) is 0 Å². The lowest BCUT2D eigenvalue weighted by atomic mass is 9.99. The lowest BCUT2D eigenvalue weighted by Crippen LogP contribution is -1.91. The molecule has 0 spiro atoms. The Balaban J connectivity index is 0.918. The van der Waals surface area contributed by atoms with Gasteiger partial charge in [-0.1, -0.05) is 158 Å². The minimum Gasteiger partial charge on any atom is -0.248 e. The van der Waals surface area contributed by atoms with Crippen LogP contribution in [0.5, 0.6) is 0 Å². The van der Waals surface area contributed by atoms with Crippen molar-refractivity contribution in [3.05, 3.63) is 206 Å². The fourth-order valence-electron chi connectivity index (χ4n) is 7.94. The van der Waals surface area contributed by atoms with E-state index in [0.29, 0.717) is 0 Å². The van der Waals surface area contributed by atoms with Gasteiger partial charge >= 0.3 is 0 Å². The van der Waals surface area contributed by atoms with Crippen LogP contribution in [0.4, 0.5) is 0 Å². The van der Waals surface area contributed by atoms with Gasteiger partial charge in [0.05, 0.1) is 44.8 Å². The molecule has 0 bridgehead atoms. The summed E-state index contributed by atoms with van der Waals surface area (Å²) in [5, 5.41) is 4.33. The molecular weight excluding hydrogens is 705 g/mol. The Morgan fingerprint density at radius 3 is 1.12 bits per heavy atom. The highest BCUT2D eigenvalue weighted by molar-refractivity contribution is 6.04. The third kappa shape index (κ3) is 6.23. The predicted octanol–water partition coefficient (Wildman–Crippen LogP) is 13.9. The fraction of sp³-hybridized carbons (Fsp3) is 0. The molecule has 4 heterocycles. The van der Waals surface area contributed by atoms with Crippen molar-refractivity contribution in [1.29, 1.82) is 0 Å². The standard InChI is InChI=1S/C54H34N4/c1-3-9-35(10-4-1)41-13-7-15-44(31-41)48-27-23-38-18-22-46(34-52(38)55-48)49-28-24-37-17-21-43(33-51(37)56-49)42-14-8-16-45(32-42)50-30-26-40-20-19-39-25-29-47(36-11-5-2-6-12-36)57-53(39)54(40)58-50/h1-34H. The van der Waals surface area contributed by atoms with E-state index in [1.165, 1.54) is 11.1 Å². The van der Waals surface area contributed by atoms with Crippen molar-refractivity contribution in [3.8, 4) is 67.3 Å². The van der Waals surface area contributed by atoms with Gasteiger partial charge in [0.15, 0.2) is 0 Å². The molecule has 0 aliphatic rings. The topological polar surface area (TPSA) is 51.6 Å². The van der Waals surface area contributed by atoms with E-state index in [1.54, 1.807) is 0 Å². The van der Waals surface area contributed by atoms with Gasteiger partial charge in [-0.15, -0.1) is 0 Å². The maximum absolute atomic E-state index is 5.22. The normalized spacial score (nSPS) is 11.4. The average molecular weight is 739 g/mol. The van der Waals surface area contributed by atoms with Gasteiger partial charge in [-0.05, 0) is 70.8 Å². The minimum atomic E-state index is 0.901. The van der Waals surface area contributed by atoms with Crippen LogP contribution in [-0.4, -0.2) is 19.9 Å². The molecule has 0 amide bonds. The summed E-state index contributed by atoms with van der Waals surface area (Å²) >= 11 is 0. The van der Waals surface area contributed by atoms with Crippen molar-refractivity contribution >= 4 is 43.6 Å². The molecule has 0 N–H and O–H groups in total. The Kier molecular flexibility index (Phi) is 8.11. The summed E-state index contributed by atoms with van der Waals surface area (Å²) in [4.78, 5) is 20.6. The number of benzene rings is 7. The average Bonchev–Trinajstić information content (AvgIpc) is 3.31. The van der Waals surface area contributed by atoms with Crippen molar-refractivity contribution in [3.63, 3.8) is 0 Å². The highest BCUT2D eigenvalue weighted by atomic mass is 14.8. The van der Waals surface area contributed by atoms with Crippen LogP contribution >= 0.6 is 0 Å². The lowest BCUT2D eigenvalue weighted by Gasteiger charge is -2.10. The molecule has 270 valence electrons. The Bertz CT molecular complexity index is 3340. The van der Waals surface area contributed by atoms with Crippen LogP contribution in [0.1, 0.15) is 0 Å². The number of hydrogen-bond acceptors (Lipinski definition) is 4. The third-order valence-corrected chi connectivity index (χ3v) is 11.0. The summed E-state index contributed by atoms with van der Waals surface area (Å²) in [5.74, 6) is 0. The van der Waals surface area contributed by atoms with E-state index >= 15 is 0 Å². The van der Waals surface area contributed by atoms with Gasteiger partial charge in [-0.25, -0.2) is 19.9 Å². The van der Waals surface area contributed by atoms with Crippen LogP contribution in [0.2, 0.25) is 0 Å². The summed E-state index contributed by atoms with van der Waals surface area (Å²) in [6.07, 6.45) is 0. The van der Waals surface area contributed by atoms with E-state index in [-0.39, 0.29) is 0 Å². The first-order chi connectivity index (χ1) is 28.7. The SMILES string of the molecule is c1ccc(-c2cccc(-c3ccc4ccc(-c5ccc6ccc(-c7cccc(-c8ccc9ccc%10ccc(-c%11ccccc%11)nc%10c9n8)c7)cc6n5)cc4n3)c2)cc1. The van der Waals surface area contributed by atoms with Crippen LogP contribution in [0.15, 0.2) is 206 Å². The molecule has 4 aromatic heterocycles. The smallest absolute Gasteiger partial charge is 0.0972 e. The fourth-order valence-corrected chi connectivity index (χ4v) is 7.94. The van der Waals surface area contributed by atoms with Gasteiger partial charge in [0, 0.05) is 43.8 Å². The Hall–Kier alpha value is -7.82. The Labute approximate surface area is 335 Å². The van der Waals surface area contributed by atoms with E-state index in [2.05, 4.69) is 182 Å². The minimum absolute atomic E-state index is 0.901. The van der Waals surface area contributed by atoms with Crippen molar-refractivity contribution < 1.29 is 0 Å². The zero-order valence-electron chi connectivity index (χ0n) is 31.4. The molecule has 0 aliphatic heterocycles. The van der Waals surface area contributed by atoms with Crippen LogP contribution in [0.3, 0.4) is 0 Å². The van der Waals surface area contributed by atoms with E-state index < -0.39 is 0 Å². The number of hydrogen-bond donors (Lipinski definition) is 0. The maximum atomic E-state index is 5.22. The lowest BCUT2D eigenvalue weighted by molar-refractivity contribution is 1.36. The number of rotatable bonds is 6. The van der Waals surface area contributed by atoms with Gasteiger partial charge in [0.1, 0.15) is 0 Å². The van der Waals surface area contributed by atoms with E-state index in [0.717, 1.165) is 99.8 Å². The Morgan fingerprint density at radius 1 is 0.207 bits per heavy atom. The summed E-state index contributed by atoms with van der Waals surface area (Å²) in [7, 11) is 0. The molecule has 11 aromatic rings. The first kappa shape index (κ1) is 33.5. The monoisotopic (exact) mass is 738 g/mol. The Morgan fingerprint density at radius 2 is 0.552 bits per heavy atom. The first-order valence-electron chi connectivity index (χ1n) is 19.5. The maximum Gasteiger partial charge on any atom is 0.0972 e. The van der Waals surface area contributed by atoms with E-state index in [9.17, 15) is 0 Å². The zero-order chi connectivity index (χ0) is 38.4. The van der Waals surface area contributed by atoms with Crippen LogP contribution in [-0.2, 0) is 0 Å². The van der Waals surface area contributed by atoms with Crippen LogP contribution < -0.4 is 0 Å². The molecule has 0 saturated heterocycles. The molecule has 0 aliphatic carbocycles. The molecule has 58 heavy (non-hydrogen) atoms. The largest absolute Gasteiger partial charge is 0.248 e. The second kappa shape index (κ2) is 14.0. The molecule has 0 saturated carbocycles. The number of pyridine rings is 4. The molecule has 0 fully saturated rings. The second-order valence-electron chi connectivity index (χ2n) is 14.7. The molecule has 11 rings (SSSR count). The summed E-state index contributed by atoms with van der Waals surface area (Å²) in [6.45, 7) is 0. The summed E-state index contributed by atoms with van der Waals surface area (Å²) < 4.78 is 0. The summed E-state index contributed by atoms with van der Waals surface area (Å²) in [5.41, 5.74) is 16.2. The number of fused-ring (bicyclic) bond motifs is 5. The molecular formula is C54H34N4. The highest BCUT2D eigenvalue weighted by Crippen LogP contribution is 2.33. The highest BCUT2D eigenvalue weighted by Gasteiger charge is 2.12. The second-order valence-corrected chi connectivity index (χ2v) is 14.7. The van der Waals surface area contributed by atoms with Gasteiger partial charge in [-0.2, -0.15) is 0 Å². The van der Waals surface area contributed by atoms with Crippen molar-refractivity contribution in [2.24, 2.45) is 0 Å². The van der Waals surface area contributed by atoms with Crippen molar-refractivity contribution in [2.45, 2.75) is 0 Å². The molecule has 4 nitrogen and oxygen atoms in total. The van der Waals surface area contributed by atoms with E-state index in [4.69, 9.17) is 19.9 Å². The van der Waals surface area contributed by atoms with Gasteiger partial charge in [-0.3, -0.25) is 0 Å². The molecule has 4 heteroatoms. The molecule has 7 aromatic carbocycles. The van der Waals surface area contributed by atoms with Crippen LogP contribution in [0.25, 0.3) is 111 Å². The molecule has 0 unspecified atom stereocenters. The quantitative estimate of drug-likeness (QED) is 0.159. The van der Waals surface area contributed by atoms with Gasteiger partial charge in [0.2, 0.25) is 0 Å². The number of nitrogens with zero attached hydrogens (tertiary/aromatic N) is 4. The molecule has 0 radical (unpaired) electrons. The predicted molar refractivity (Wildman–Crippen MR) is 240 cm³/mol. The first-order valence-corrected chi connectivity index (χ1v) is 19.5. The van der Waals surface area contributed by atoms with Crippen LogP contribution in [0, 0.1) is 0 Å². The van der Waals surface area contributed by atoms with E-state index in [1.807, 2.05) is 24.3 Å². The summed E-state index contributed by atoms with van der Waals surface area (Å²) in [6, 6.07) is 72.1.